The van der Waals surface area contributed by atoms with Gasteiger partial charge in [-0.15, -0.1) is 0 Å². The molecule has 3 heteroatoms. The maximum absolute atomic E-state index is 11.5. The van der Waals surface area contributed by atoms with E-state index in [4.69, 9.17) is 0 Å². The van der Waals surface area contributed by atoms with Crippen LogP contribution >= 0.6 is 0 Å². The molecule has 248 valence electrons. The summed E-state index contributed by atoms with van der Waals surface area (Å²) in [5.41, 5.74) is 0. The predicted octanol–water partition coefficient (Wildman–Crippen LogP) is 9.41. The van der Waals surface area contributed by atoms with E-state index in [9.17, 15) is 15.3 Å². The van der Waals surface area contributed by atoms with Crippen LogP contribution in [0, 0.1) is 76.9 Å². The lowest BCUT2D eigenvalue weighted by Gasteiger charge is -2.56. The van der Waals surface area contributed by atoms with Crippen molar-refractivity contribution in [3.63, 3.8) is 0 Å². The predicted molar refractivity (Wildman–Crippen MR) is 177 cm³/mol. The van der Waals surface area contributed by atoms with E-state index in [0.717, 1.165) is 37.0 Å². The molecule has 6 fully saturated rings. The molecule has 3 N–H and O–H groups in total. The maximum Gasteiger partial charge on any atom is 0.0573 e. The zero-order chi connectivity index (χ0) is 30.1. The SMILES string of the molecule is CC1CC(O)C(C2CCCCC2)CC1C(C1CC(C2CCCCC2)C(O)CC1C)C1CC(C2CCCCC2)C(O)CC1C. The molecule has 6 aliphatic carbocycles. The molecule has 12 unspecified atom stereocenters. The van der Waals surface area contributed by atoms with Crippen molar-refractivity contribution in [2.75, 3.05) is 0 Å². The molecule has 0 aliphatic heterocycles. The average Bonchev–Trinajstić information content (AvgIpc) is 3.01. The van der Waals surface area contributed by atoms with Gasteiger partial charge in [-0.05, 0) is 115 Å². The lowest BCUT2D eigenvalue weighted by atomic mass is 9.50. The molecule has 12 atom stereocenters. The van der Waals surface area contributed by atoms with E-state index in [1.807, 2.05) is 0 Å². The summed E-state index contributed by atoms with van der Waals surface area (Å²) in [6.45, 7) is 7.50. The van der Waals surface area contributed by atoms with Gasteiger partial charge in [-0.25, -0.2) is 0 Å². The first-order valence-electron chi connectivity index (χ1n) is 19.9. The molecule has 0 spiro atoms. The van der Waals surface area contributed by atoms with Gasteiger partial charge in [0.15, 0.2) is 0 Å². The van der Waals surface area contributed by atoms with Gasteiger partial charge in [0.05, 0.1) is 18.3 Å². The van der Waals surface area contributed by atoms with Gasteiger partial charge >= 0.3 is 0 Å². The Kier molecular flexibility index (Phi) is 11.3. The first-order valence-corrected chi connectivity index (χ1v) is 19.9. The molecule has 6 rings (SSSR count). The minimum Gasteiger partial charge on any atom is -0.393 e. The average molecular weight is 599 g/mol. The quantitative estimate of drug-likeness (QED) is 0.285. The topological polar surface area (TPSA) is 60.7 Å². The highest BCUT2D eigenvalue weighted by Crippen LogP contribution is 2.57. The van der Waals surface area contributed by atoms with Crippen LogP contribution < -0.4 is 0 Å². The lowest BCUT2D eigenvalue weighted by Crippen LogP contribution is -2.51. The van der Waals surface area contributed by atoms with Crippen molar-refractivity contribution >= 4 is 0 Å². The van der Waals surface area contributed by atoms with Crippen molar-refractivity contribution in [2.45, 2.75) is 174 Å². The molecule has 0 saturated heterocycles. The molecular weight excluding hydrogens is 528 g/mol. The van der Waals surface area contributed by atoms with E-state index in [2.05, 4.69) is 20.8 Å². The molecule has 6 saturated carbocycles. The van der Waals surface area contributed by atoms with Crippen molar-refractivity contribution in [3.05, 3.63) is 0 Å². The van der Waals surface area contributed by atoms with Gasteiger partial charge in [-0.2, -0.15) is 0 Å². The third-order valence-corrected chi connectivity index (χ3v) is 15.4. The molecule has 0 bridgehead atoms. The van der Waals surface area contributed by atoms with E-state index in [1.54, 1.807) is 0 Å². The molecule has 0 aromatic rings. The molecule has 0 heterocycles. The van der Waals surface area contributed by atoms with E-state index >= 15 is 0 Å². The highest BCUT2D eigenvalue weighted by atomic mass is 16.3. The number of hydrogen-bond donors (Lipinski definition) is 3. The van der Waals surface area contributed by atoms with Crippen LogP contribution in [0.4, 0.5) is 0 Å². The Hall–Kier alpha value is -0.120. The van der Waals surface area contributed by atoms with Gasteiger partial charge in [0.25, 0.3) is 0 Å². The Morgan fingerprint density at radius 3 is 0.884 bits per heavy atom. The lowest BCUT2D eigenvalue weighted by molar-refractivity contribution is -0.111. The normalized spacial score (nSPS) is 47.3. The zero-order valence-electron chi connectivity index (χ0n) is 28.4. The smallest absolute Gasteiger partial charge is 0.0573 e. The molecule has 6 aliphatic rings. The zero-order valence-corrected chi connectivity index (χ0v) is 28.4. The Morgan fingerprint density at radius 1 is 0.372 bits per heavy atom. The number of rotatable bonds is 6. The summed E-state index contributed by atoms with van der Waals surface area (Å²) in [5.74, 6) is 8.05. The standard InChI is InChI=1S/C40H70O3/c1-25-19-37(41)34(28-13-7-4-8-14-28)22-31(25)40(32-23-35(38(42)20-26(32)2)29-15-9-5-10-16-29)33-24-36(39(43)21-27(33)3)30-17-11-6-12-18-30/h25-43H,4-24H2,1-3H3. The summed E-state index contributed by atoms with van der Waals surface area (Å²) < 4.78 is 0. The van der Waals surface area contributed by atoms with E-state index in [0.29, 0.717) is 59.2 Å². The van der Waals surface area contributed by atoms with Gasteiger partial charge < -0.3 is 15.3 Å². The summed E-state index contributed by atoms with van der Waals surface area (Å²) in [6, 6.07) is 0. The van der Waals surface area contributed by atoms with Crippen molar-refractivity contribution in [1.82, 2.24) is 0 Å². The van der Waals surface area contributed by atoms with Crippen LogP contribution in [0.3, 0.4) is 0 Å². The summed E-state index contributed by atoms with van der Waals surface area (Å²) in [4.78, 5) is 0. The molecule has 0 radical (unpaired) electrons. The minimum atomic E-state index is -0.115. The van der Waals surface area contributed by atoms with Crippen LogP contribution in [-0.4, -0.2) is 33.6 Å². The molecule has 43 heavy (non-hydrogen) atoms. The number of aliphatic hydroxyl groups is 3. The summed E-state index contributed by atoms with van der Waals surface area (Å²) in [7, 11) is 0. The van der Waals surface area contributed by atoms with Gasteiger partial charge in [0.2, 0.25) is 0 Å². The molecule has 3 nitrogen and oxygen atoms in total. The third-order valence-electron chi connectivity index (χ3n) is 15.4. The summed E-state index contributed by atoms with van der Waals surface area (Å²) in [6.07, 6.45) is 26.6. The van der Waals surface area contributed by atoms with Crippen LogP contribution in [0.5, 0.6) is 0 Å². The fourth-order valence-electron chi connectivity index (χ4n) is 13.1. The van der Waals surface area contributed by atoms with E-state index < -0.39 is 0 Å². The van der Waals surface area contributed by atoms with Gasteiger partial charge in [0, 0.05) is 0 Å². The van der Waals surface area contributed by atoms with Crippen LogP contribution in [0.15, 0.2) is 0 Å². The van der Waals surface area contributed by atoms with Gasteiger partial charge in [-0.1, -0.05) is 117 Å². The van der Waals surface area contributed by atoms with Crippen LogP contribution in [-0.2, 0) is 0 Å². The largest absolute Gasteiger partial charge is 0.393 e. The van der Waals surface area contributed by atoms with Crippen molar-refractivity contribution in [2.24, 2.45) is 76.9 Å². The fraction of sp³-hybridized carbons (Fsp3) is 1.00. The van der Waals surface area contributed by atoms with E-state index in [1.165, 1.54) is 116 Å². The fourth-order valence-corrected chi connectivity index (χ4v) is 13.1. The Balaban J connectivity index is 1.32. The third kappa shape index (κ3) is 7.25. The second kappa shape index (κ2) is 14.8. The highest BCUT2D eigenvalue weighted by Gasteiger charge is 2.52. The van der Waals surface area contributed by atoms with Gasteiger partial charge in [0.1, 0.15) is 0 Å². The van der Waals surface area contributed by atoms with Crippen LogP contribution in [0.25, 0.3) is 0 Å². The second-order valence-electron chi connectivity index (χ2n) is 17.8. The highest BCUT2D eigenvalue weighted by molar-refractivity contribution is 5.01. The van der Waals surface area contributed by atoms with Crippen LogP contribution in [0.1, 0.15) is 156 Å². The number of aliphatic hydroxyl groups excluding tert-OH is 3. The molecule has 0 amide bonds. The van der Waals surface area contributed by atoms with Crippen molar-refractivity contribution in [1.29, 1.82) is 0 Å². The summed E-state index contributed by atoms with van der Waals surface area (Å²) >= 11 is 0. The Morgan fingerprint density at radius 2 is 0.628 bits per heavy atom. The molecular formula is C40H70O3. The van der Waals surface area contributed by atoms with Crippen molar-refractivity contribution < 1.29 is 15.3 Å². The summed E-state index contributed by atoms with van der Waals surface area (Å²) in [5, 5.41) is 34.6. The Labute approximate surface area is 265 Å². The maximum atomic E-state index is 11.5. The van der Waals surface area contributed by atoms with Crippen LogP contribution in [0.2, 0.25) is 0 Å². The van der Waals surface area contributed by atoms with Gasteiger partial charge in [-0.3, -0.25) is 0 Å². The van der Waals surface area contributed by atoms with Crippen molar-refractivity contribution in [3.8, 4) is 0 Å². The molecule has 0 aromatic carbocycles. The van der Waals surface area contributed by atoms with E-state index in [-0.39, 0.29) is 18.3 Å². The second-order valence-corrected chi connectivity index (χ2v) is 17.8. The first-order chi connectivity index (χ1) is 20.8. The number of hydrogen-bond acceptors (Lipinski definition) is 3. The first kappa shape index (κ1) is 32.8. The Bertz CT molecular complexity index is 731. The molecule has 0 aromatic heterocycles. The minimum absolute atomic E-state index is 0.115. The monoisotopic (exact) mass is 599 g/mol.